The molecule has 0 amide bonds. The van der Waals surface area contributed by atoms with Crippen molar-refractivity contribution in [1.29, 1.82) is 0 Å². The minimum Gasteiger partial charge on any atom is -0.303 e. The molecule has 3 heterocycles. The fourth-order valence-electron chi connectivity index (χ4n) is 4.37. The van der Waals surface area contributed by atoms with E-state index in [1.165, 1.54) is 18.2 Å². The van der Waals surface area contributed by atoms with Crippen molar-refractivity contribution >= 4 is 23.3 Å². The van der Waals surface area contributed by atoms with Crippen molar-refractivity contribution < 1.29 is 13.6 Å². The van der Waals surface area contributed by atoms with Crippen LogP contribution in [-0.4, -0.2) is 26.8 Å². The lowest BCUT2D eigenvalue weighted by Crippen LogP contribution is -2.13. The van der Waals surface area contributed by atoms with Crippen LogP contribution in [0.15, 0.2) is 23.2 Å². The second-order valence-electron chi connectivity index (χ2n) is 7.83. The fourth-order valence-corrected chi connectivity index (χ4v) is 5.82. The van der Waals surface area contributed by atoms with Crippen LogP contribution in [0.1, 0.15) is 52.0 Å². The van der Waals surface area contributed by atoms with E-state index in [1.54, 1.807) is 11.3 Å². The van der Waals surface area contributed by atoms with Crippen LogP contribution in [0.2, 0.25) is 0 Å². The standard InChI is InChI=1S/C21H16F2N4OS/c22-13-2-1-3-14(23)18(13)19-17-12-6-10(9-28)7-15(12)29-21(17)27-16(8-24-19)25-26-20(27)11-4-5-11/h1-3,9-11H,4-8H2. The molecule has 0 saturated heterocycles. The van der Waals surface area contributed by atoms with E-state index < -0.39 is 11.6 Å². The highest BCUT2D eigenvalue weighted by molar-refractivity contribution is 7.15. The van der Waals surface area contributed by atoms with Crippen molar-refractivity contribution in [3.63, 3.8) is 0 Å². The molecule has 1 aromatic carbocycles. The van der Waals surface area contributed by atoms with Gasteiger partial charge in [-0.1, -0.05) is 6.07 Å². The van der Waals surface area contributed by atoms with Crippen molar-refractivity contribution in [2.75, 3.05) is 0 Å². The highest BCUT2D eigenvalue weighted by atomic mass is 32.1. The summed E-state index contributed by atoms with van der Waals surface area (Å²) in [6.45, 7) is 0.204. The Kier molecular flexibility index (Phi) is 3.62. The number of nitrogens with zero attached hydrogens (tertiary/aromatic N) is 4. The molecule has 3 aromatic rings. The minimum absolute atomic E-state index is 0.0974. The van der Waals surface area contributed by atoms with Gasteiger partial charge in [-0.2, -0.15) is 0 Å². The van der Waals surface area contributed by atoms with Crippen molar-refractivity contribution in [1.82, 2.24) is 14.8 Å². The van der Waals surface area contributed by atoms with Crippen LogP contribution in [0.25, 0.3) is 5.00 Å². The van der Waals surface area contributed by atoms with Crippen LogP contribution in [0.5, 0.6) is 0 Å². The second-order valence-corrected chi connectivity index (χ2v) is 8.92. The average molecular weight is 410 g/mol. The number of thiophene rings is 1. The largest absolute Gasteiger partial charge is 0.303 e. The van der Waals surface area contributed by atoms with E-state index in [-0.39, 0.29) is 18.0 Å². The number of aldehydes is 1. The number of hydrogen-bond donors (Lipinski definition) is 0. The molecule has 8 heteroatoms. The van der Waals surface area contributed by atoms with Gasteiger partial charge in [0.05, 0.1) is 11.3 Å². The summed E-state index contributed by atoms with van der Waals surface area (Å²) < 4.78 is 31.5. The maximum Gasteiger partial charge on any atom is 0.160 e. The normalized spacial score (nSPS) is 19.9. The first-order valence-corrected chi connectivity index (χ1v) is 10.5. The van der Waals surface area contributed by atoms with E-state index in [0.717, 1.165) is 46.0 Å². The SMILES string of the molecule is O=CC1Cc2sc3c(c2C1)C(c1c(F)cccc1F)=NCc1nnc(C2CC2)n1-3. The highest BCUT2D eigenvalue weighted by Crippen LogP contribution is 2.46. The first-order chi connectivity index (χ1) is 14.2. The van der Waals surface area contributed by atoms with Gasteiger partial charge in [0, 0.05) is 22.3 Å². The van der Waals surface area contributed by atoms with Gasteiger partial charge in [-0.3, -0.25) is 9.56 Å². The molecule has 1 fully saturated rings. The van der Waals surface area contributed by atoms with E-state index in [0.29, 0.717) is 30.3 Å². The maximum atomic E-state index is 14.7. The summed E-state index contributed by atoms with van der Waals surface area (Å²) in [5, 5.41) is 9.60. The van der Waals surface area contributed by atoms with Crippen LogP contribution < -0.4 is 0 Å². The number of carbonyl (C=O) groups excluding carboxylic acids is 1. The van der Waals surface area contributed by atoms with Gasteiger partial charge >= 0.3 is 0 Å². The van der Waals surface area contributed by atoms with Gasteiger partial charge in [-0.05, 0) is 43.4 Å². The number of halogens is 2. The molecule has 1 unspecified atom stereocenters. The summed E-state index contributed by atoms with van der Waals surface area (Å²) in [6.07, 6.45) is 4.33. The molecule has 5 nitrogen and oxygen atoms in total. The Balaban J connectivity index is 1.63. The number of aliphatic imine (C=N–C) groups is 1. The first kappa shape index (κ1) is 17.1. The number of hydrogen-bond acceptors (Lipinski definition) is 5. The van der Waals surface area contributed by atoms with Crippen molar-refractivity contribution in [3.8, 4) is 5.00 Å². The molecular weight excluding hydrogens is 394 g/mol. The first-order valence-electron chi connectivity index (χ1n) is 9.69. The third kappa shape index (κ3) is 2.48. The number of carbonyl (C=O) groups is 1. The Morgan fingerprint density at radius 1 is 1.10 bits per heavy atom. The molecule has 146 valence electrons. The Hall–Kier alpha value is -2.74. The predicted molar refractivity (Wildman–Crippen MR) is 104 cm³/mol. The average Bonchev–Trinajstić information content (AvgIpc) is 3.24. The monoisotopic (exact) mass is 410 g/mol. The lowest BCUT2D eigenvalue weighted by molar-refractivity contribution is -0.110. The second kappa shape index (κ2) is 6.13. The lowest BCUT2D eigenvalue weighted by Gasteiger charge is -2.12. The topological polar surface area (TPSA) is 60.1 Å². The summed E-state index contributed by atoms with van der Waals surface area (Å²) in [5.74, 6) is 0.583. The van der Waals surface area contributed by atoms with E-state index in [2.05, 4.69) is 15.2 Å². The summed E-state index contributed by atoms with van der Waals surface area (Å²) in [7, 11) is 0. The zero-order valence-electron chi connectivity index (χ0n) is 15.4. The van der Waals surface area contributed by atoms with Gasteiger partial charge < -0.3 is 4.79 Å². The maximum absolute atomic E-state index is 14.7. The Bertz CT molecular complexity index is 1190. The predicted octanol–water partition coefficient (Wildman–Crippen LogP) is 3.75. The molecule has 0 radical (unpaired) electrons. The highest BCUT2D eigenvalue weighted by Gasteiger charge is 2.38. The molecule has 2 aromatic heterocycles. The molecular formula is C21H16F2N4OS. The number of benzene rings is 1. The van der Waals surface area contributed by atoms with Gasteiger partial charge in [0.2, 0.25) is 0 Å². The van der Waals surface area contributed by atoms with Crippen LogP contribution in [0, 0.1) is 17.6 Å². The number of fused-ring (bicyclic) bond motifs is 5. The Morgan fingerprint density at radius 2 is 1.90 bits per heavy atom. The van der Waals surface area contributed by atoms with E-state index in [9.17, 15) is 13.6 Å². The molecule has 0 spiro atoms. The molecule has 3 aliphatic rings. The number of aromatic nitrogens is 3. The van der Waals surface area contributed by atoms with Crippen LogP contribution in [0.4, 0.5) is 8.78 Å². The zero-order chi connectivity index (χ0) is 19.7. The van der Waals surface area contributed by atoms with E-state index in [1.807, 2.05) is 4.57 Å². The number of rotatable bonds is 3. The van der Waals surface area contributed by atoms with Crippen molar-refractivity contribution in [3.05, 3.63) is 63.0 Å². The van der Waals surface area contributed by atoms with Gasteiger partial charge in [-0.25, -0.2) is 8.78 Å². The molecule has 2 aliphatic carbocycles. The molecule has 0 bridgehead atoms. The van der Waals surface area contributed by atoms with E-state index >= 15 is 0 Å². The molecule has 29 heavy (non-hydrogen) atoms. The minimum atomic E-state index is -0.639. The van der Waals surface area contributed by atoms with Crippen LogP contribution >= 0.6 is 11.3 Å². The molecule has 0 N–H and O–H groups in total. The summed E-state index contributed by atoms with van der Waals surface area (Å²) >= 11 is 1.57. The summed E-state index contributed by atoms with van der Waals surface area (Å²) in [5.41, 5.74) is 1.91. The van der Waals surface area contributed by atoms with Crippen LogP contribution in [-0.2, 0) is 24.2 Å². The van der Waals surface area contributed by atoms with Crippen molar-refractivity contribution in [2.45, 2.75) is 38.1 Å². The third-order valence-corrected chi connectivity index (χ3v) is 7.13. The quantitative estimate of drug-likeness (QED) is 0.618. The van der Waals surface area contributed by atoms with E-state index in [4.69, 9.17) is 0 Å². The van der Waals surface area contributed by atoms with Gasteiger partial charge in [-0.15, -0.1) is 21.5 Å². The van der Waals surface area contributed by atoms with Gasteiger partial charge in [0.25, 0.3) is 0 Å². The molecule has 1 aliphatic heterocycles. The lowest BCUT2D eigenvalue weighted by atomic mass is 9.97. The zero-order valence-corrected chi connectivity index (χ0v) is 16.2. The third-order valence-electron chi connectivity index (χ3n) is 5.89. The molecule has 1 atom stereocenters. The van der Waals surface area contributed by atoms with Gasteiger partial charge in [0.1, 0.15) is 35.3 Å². The van der Waals surface area contributed by atoms with Gasteiger partial charge in [0.15, 0.2) is 5.82 Å². The van der Waals surface area contributed by atoms with Crippen LogP contribution in [0.3, 0.4) is 0 Å². The fraction of sp³-hybridized carbons (Fsp3) is 0.333. The molecule has 1 saturated carbocycles. The van der Waals surface area contributed by atoms with Crippen molar-refractivity contribution in [2.24, 2.45) is 10.9 Å². The molecule has 6 rings (SSSR count). The Labute approximate surface area is 169 Å². The summed E-state index contributed by atoms with van der Waals surface area (Å²) in [4.78, 5) is 17.1. The Morgan fingerprint density at radius 3 is 2.62 bits per heavy atom. The smallest absolute Gasteiger partial charge is 0.160 e. The summed E-state index contributed by atoms with van der Waals surface area (Å²) in [6, 6.07) is 3.86.